The number of rotatable bonds is 3. The van der Waals surface area contributed by atoms with Crippen LogP contribution in [0.25, 0.3) is 22.0 Å². The zero-order valence-electron chi connectivity index (χ0n) is 15.5. The lowest BCUT2D eigenvalue weighted by Crippen LogP contribution is -2.41. The zero-order valence-corrected chi connectivity index (χ0v) is 15.5. The quantitative estimate of drug-likeness (QED) is 0.577. The highest BCUT2D eigenvalue weighted by Crippen LogP contribution is 2.38. The third kappa shape index (κ3) is 3.00. The molecule has 6 nitrogen and oxygen atoms in total. The van der Waals surface area contributed by atoms with Crippen LogP contribution >= 0.6 is 0 Å². The Morgan fingerprint density at radius 1 is 1.11 bits per heavy atom. The minimum absolute atomic E-state index is 0.0174. The number of amides is 1. The number of carbonyl (C=O) groups excluding carboxylic acids is 1. The largest absolute Gasteiger partial charge is 0.379 e. The summed E-state index contributed by atoms with van der Waals surface area (Å²) >= 11 is 0. The maximum Gasteiger partial charge on any atom is 0.256 e. The van der Waals surface area contributed by atoms with Gasteiger partial charge in [0, 0.05) is 36.1 Å². The summed E-state index contributed by atoms with van der Waals surface area (Å²) < 4.78 is 5.32. The molecule has 0 atom stereocenters. The number of benzene rings is 2. The van der Waals surface area contributed by atoms with E-state index in [0.717, 1.165) is 53.0 Å². The van der Waals surface area contributed by atoms with E-state index in [1.54, 1.807) is 0 Å². The molecule has 28 heavy (non-hydrogen) atoms. The molecule has 5 rings (SSSR count). The van der Waals surface area contributed by atoms with E-state index in [1.807, 2.05) is 42.5 Å². The number of pyridine rings is 1. The summed E-state index contributed by atoms with van der Waals surface area (Å²) in [4.78, 5) is 29.9. The van der Waals surface area contributed by atoms with E-state index in [2.05, 4.69) is 15.2 Å². The van der Waals surface area contributed by atoms with Gasteiger partial charge in [0.05, 0.1) is 25.5 Å². The standard InChI is InChI=1S/C22H21N3O3/c26-20(13-25-7-9-28-10-8-25)23-15-5-6-16-14(11-15)12-19-17-3-1-2-4-18(17)22(27)24-21(16)19/h1-6,11H,7-10,12-13H2,(H,23,26)(H,24,27). The van der Waals surface area contributed by atoms with Crippen molar-refractivity contribution >= 4 is 22.4 Å². The van der Waals surface area contributed by atoms with Gasteiger partial charge in [0.1, 0.15) is 0 Å². The van der Waals surface area contributed by atoms with Gasteiger partial charge in [0.15, 0.2) is 0 Å². The molecule has 0 saturated carbocycles. The molecular formula is C22H21N3O3. The molecule has 0 radical (unpaired) electrons. The van der Waals surface area contributed by atoms with Crippen LogP contribution < -0.4 is 10.9 Å². The van der Waals surface area contributed by atoms with Gasteiger partial charge in [0.25, 0.3) is 5.56 Å². The van der Waals surface area contributed by atoms with Crippen molar-refractivity contribution in [3.8, 4) is 11.3 Å². The number of morpholine rings is 1. The topological polar surface area (TPSA) is 74.4 Å². The number of nitrogens with one attached hydrogen (secondary N) is 2. The Morgan fingerprint density at radius 3 is 2.71 bits per heavy atom. The molecule has 1 aliphatic heterocycles. The summed E-state index contributed by atoms with van der Waals surface area (Å²) in [5.74, 6) is -0.0174. The second-order valence-electron chi connectivity index (χ2n) is 7.34. The molecule has 142 valence electrons. The minimum Gasteiger partial charge on any atom is -0.379 e. The number of H-pyrrole nitrogens is 1. The Morgan fingerprint density at radius 2 is 1.89 bits per heavy atom. The van der Waals surface area contributed by atoms with Crippen LogP contribution in [0.4, 0.5) is 5.69 Å². The first kappa shape index (κ1) is 17.2. The maximum atomic E-state index is 12.4. The van der Waals surface area contributed by atoms with E-state index >= 15 is 0 Å². The van der Waals surface area contributed by atoms with Crippen molar-refractivity contribution in [2.24, 2.45) is 0 Å². The Balaban J connectivity index is 1.40. The second-order valence-corrected chi connectivity index (χ2v) is 7.34. The van der Waals surface area contributed by atoms with Crippen molar-refractivity contribution in [3.63, 3.8) is 0 Å². The molecular weight excluding hydrogens is 354 g/mol. The summed E-state index contributed by atoms with van der Waals surface area (Å²) in [5.41, 5.74) is 4.91. The fourth-order valence-electron chi connectivity index (χ4n) is 4.16. The van der Waals surface area contributed by atoms with Gasteiger partial charge in [-0.2, -0.15) is 0 Å². The molecule has 1 fully saturated rings. The number of anilines is 1. The van der Waals surface area contributed by atoms with Crippen LogP contribution in [0, 0.1) is 0 Å². The molecule has 2 aliphatic rings. The molecule has 2 N–H and O–H groups in total. The molecule has 1 aromatic heterocycles. The van der Waals surface area contributed by atoms with Gasteiger partial charge in [-0.3, -0.25) is 14.5 Å². The predicted octanol–water partition coefficient (Wildman–Crippen LogP) is 2.37. The van der Waals surface area contributed by atoms with E-state index in [-0.39, 0.29) is 11.5 Å². The summed E-state index contributed by atoms with van der Waals surface area (Å²) in [6.07, 6.45) is 0.745. The number of hydrogen-bond donors (Lipinski definition) is 2. The van der Waals surface area contributed by atoms with Gasteiger partial charge in [0.2, 0.25) is 5.91 Å². The molecule has 0 unspecified atom stereocenters. The fourth-order valence-corrected chi connectivity index (χ4v) is 4.16. The van der Waals surface area contributed by atoms with Gasteiger partial charge < -0.3 is 15.0 Å². The molecule has 1 amide bonds. The first-order valence-electron chi connectivity index (χ1n) is 9.56. The van der Waals surface area contributed by atoms with Gasteiger partial charge in [-0.05, 0) is 34.7 Å². The third-order valence-corrected chi connectivity index (χ3v) is 5.53. The smallest absolute Gasteiger partial charge is 0.256 e. The Kier molecular flexibility index (Phi) is 4.22. The van der Waals surface area contributed by atoms with Crippen molar-refractivity contribution in [1.29, 1.82) is 0 Å². The van der Waals surface area contributed by atoms with Crippen molar-refractivity contribution in [1.82, 2.24) is 9.88 Å². The average molecular weight is 375 g/mol. The van der Waals surface area contributed by atoms with Crippen LogP contribution in [0.5, 0.6) is 0 Å². The van der Waals surface area contributed by atoms with Gasteiger partial charge in [-0.25, -0.2) is 0 Å². The van der Waals surface area contributed by atoms with Crippen molar-refractivity contribution in [3.05, 3.63) is 63.9 Å². The number of hydrogen-bond acceptors (Lipinski definition) is 4. The Hall–Kier alpha value is -2.96. The van der Waals surface area contributed by atoms with Crippen LogP contribution in [-0.2, 0) is 16.0 Å². The summed E-state index contributed by atoms with van der Waals surface area (Å²) in [6, 6.07) is 13.6. The molecule has 6 heteroatoms. The SMILES string of the molecule is O=C(CN1CCOCC1)Nc1ccc2c(c1)Cc1c-2[nH]c(=O)c2ccccc12. The minimum atomic E-state index is -0.0647. The number of nitrogens with zero attached hydrogens (tertiary/aromatic N) is 1. The number of fused-ring (bicyclic) bond motifs is 5. The maximum absolute atomic E-state index is 12.4. The Labute approximate surface area is 162 Å². The lowest BCUT2D eigenvalue weighted by molar-refractivity contribution is -0.118. The van der Waals surface area contributed by atoms with Crippen LogP contribution in [-0.4, -0.2) is 48.6 Å². The first-order valence-corrected chi connectivity index (χ1v) is 9.56. The summed E-state index contributed by atoms with van der Waals surface area (Å²) in [5, 5.41) is 4.71. The number of aromatic nitrogens is 1. The molecule has 2 heterocycles. The number of aromatic amines is 1. The average Bonchev–Trinajstić information content (AvgIpc) is 3.07. The highest BCUT2D eigenvalue weighted by molar-refractivity contribution is 5.95. The highest BCUT2D eigenvalue weighted by Gasteiger charge is 2.23. The predicted molar refractivity (Wildman–Crippen MR) is 109 cm³/mol. The number of ether oxygens (including phenoxy) is 1. The van der Waals surface area contributed by atoms with Crippen LogP contribution in [0.2, 0.25) is 0 Å². The van der Waals surface area contributed by atoms with E-state index < -0.39 is 0 Å². The number of carbonyl (C=O) groups is 1. The highest BCUT2D eigenvalue weighted by atomic mass is 16.5. The monoisotopic (exact) mass is 375 g/mol. The normalized spacial score (nSPS) is 16.0. The van der Waals surface area contributed by atoms with Crippen molar-refractivity contribution in [2.75, 3.05) is 38.2 Å². The van der Waals surface area contributed by atoms with Gasteiger partial charge in [-0.1, -0.05) is 24.3 Å². The van der Waals surface area contributed by atoms with E-state index in [9.17, 15) is 9.59 Å². The fraction of sp³-hybridized carbons (Fsp3) is 0.273. The molecule has 1 saturated heterocycles. The molecule has 0 bridgehead atoms. The summed E-state index contributed by atoms with van der Waals surface area (Å²) in [6.45, 7) is 3.30. The molecule has 2 aromatic carbocycles. The third-order valence-electron chi connectivity index (χ3n) is 5.53. The summed E-state index contributed by atoms with van der Waals surface area (Å²) in [7, 11) is 0. The van der Waals surface area contributed by atoms with Crippen LogP contribution in [0.1, 0.15) is 11.1 Å². The van der Waals surface area contributed by atoms with E-state index in [0.29, 0.717) is 25.1 Å². The Bertz CT molecular complexity index is 1130. The molecule has 1 aliphatic carbocycles. The molecule has 0 spiro atoms. The lowest BCUT2D eigenvalue weighted by Gasteiger charge is -2.25. The first-order chi connectivity index (χ1) is 13.7. The van der Waals surface area contributed by atoms with Crippen molar-refractivity contribution in [2.45, 2.75) is 6.42 Å². The zero-order chi connectivity index (χ0) is 19.1. The van der Waals surface area contributed by atoms with Gasteiger partial charge >= 0.3 is 0 Å². The van der Waals surface area contributed by atoms with Crippen molar-refractivity contribution < 1.29 is 9.53 Å². The van der Waals surface area contributed by atoms with Crippen LogP contribution in [0.3, 0.4) is 0 Å². The van der Waals surface area contributed by atoms with Crippen LogP contribution in [0.15, 0.2) is 47.3 Å². The molecule has 3 aromatic rings. The lowest BCUT2D eigenvalue weighted by atomic mass is 10.0. The van der Waals surface area contributed by atoms with Gasteiger partial charge in [-0.15, -0.1) is 0 Å². The van der Waals surface area contributed by atoms with E-state index in [1.165, 1.54) is 0 Å². The van der Waals surface area contributed by atoms with E-state index in [4.69, 9.17) is 4.74 Å². The second kappa shape index (κ2) is 6.89.